The van der Waals surface area contributed by atoms with Crippen LogP contribution in [0.1, 0.15) is 98.3 Å². The molecule has 7 heteroatoms. The van der Waals surface area contributed by atoms with E-state index in [9.17, 15) is 9.59 Å². The molecule has 39 heavy (non-hydrogen) atoms. The minimum atomic E-state index is -0.313. The Kier molecular flexibility index (Phi) is 7.36. The van der Waals surface area contributed by atoms with Crippen LogP contribution in [0.15, 0.2) is 0 Å². The van der Waals surface area contributed by atoms with E-state index in [1.54, 1.807) is 0 Å². The lowest BCUT2D eigenvalue weighted by Gasteiger charge is -2.61. The summed E-state index contributed by atoms with van der Waals surface area (Å²) in [6, 6.07) is 0.175. The first-order valence-electron chi connectivity index (χ1n) is 16.2. The van der Waals surface area contributed by atoms with E-state index in [1.165, 1.54) is 51.4 Å². The van der Waals surface area contributed by atoms with Crippen LogP contribution >= 0.6 is 0 Å². The van der Waals surface area contributed by atoms with Crippen molar-refractivity contribution >= 4 is 11.8 Å². The Labute approximate surface area is 235 Å². The predicted octanol–water partition coefficient (Wildman–Crippen LogP) is 3.99. The number of rotatable bonds is 5. The van der Waals surface area contributed by atoms with Gasteiger partial charge in [0.1, 0.15) is 12.1 Å². The minimum absolute atomic E-state index is 0.0847. The zero-order valence-electron chi connectivity index (χ0n) is 24.8. The topological polar surface area (TPSA) is 99.7 Å². The molecule has 0 unspecified atom stereocenters. The molecule has 0 bridgehead atoms. The molecule has 4 N–H and O–H groups in total. The van der Waals surface area contributed by atoms with Gasteiger partial charge in [-0.25, -0.2) is 0 Å². The number of fused-ring (bicyclic) bond motifs is 7. The third-order valence-corrected chi connectivity index (χ3v) is 13.3. The van der Waals surface area contributed by atoms with Crippen LogP contribution in [0.2, 0.25) is 0 Å². The van der Waals surface area contributed by atoms with Gasteiger partial charge in [0, 0.05) is 25.0 Å². The number of carbonyl (C=O) groups is 2. The molecular formula is C32H53N3O4. The first kappa shape index (κ1) is 28.0. The molecule has 7 nitrogen and oxygen atoms in total. The van der Waals surface area contributed by atoms with Gasteiger partial charge in [0.05, 0.1) is 12.7 Å². The minimum Gasteiger partial charge on any atom is -0.395 e. The standard InChI is InChI=1S/C32H53N3O4/c1-19-7-12-32(34-18-19)20(2)29-26(39-32)16-25-23-6-5-21-15-22(35-28(38)17-27(37)33-13-14-36)8-10-30(21,3)24(23)9-11-31(25,29)4/h19-26,29,34,36H,5-18H2,1-4H3,(H,33,37)(H,35,38)/t19-,20+,21+,22+,23-,24+,25+,26+,29+,30+,31+,32-/m1/s1. The molecule has 0 radical (unpaired) electrons. The number of hydrogen-bond donors (Lipinski definition) is 4. The van der Waals surface area contributed by atoms with Gasteiger partial charge in [-0.15, -0.1) is 0 Å². The van der Waals surface area contributed by atoms with Crippen LogP contribution in [0.4, 0.5) is 0 Å². The number of nitrogens with one attached hydrogen (secondary N) is 3. The highest BCUT2D eigenvalue weighted by molar-refractivity contribution is 5.96. The highest BCUT2D eigenvalue weighted by Crippen LogP contribution is 2.71. The SMILES string of the molecule is C[C@@H]1CC[C@@]2(NC1)O[C@H]1C[C@H]3[C@@H]4CC[C@H]5C[C@@H](NC(=O)CC(=O)NCCO)CC[C@]5(C)[C@H]4CC[C@]3(C)[C@H]1[C@@H]2C. The molecule has 0 aromatic heterocycles. The van der Waals surface area contributed by atoms with Crippen molar-refractivity contribution in [3.05, 3.63) is 0 Å². The van der Waals surface area contributed by atoms with Crippen LogP contribution in [-0.4, -0.2) is 54.5 Å². The smallest absolute Gasteiger partial charge is 0.229 e. The third-order valence-electron chi connectivity index (χ3n) is 13.3. The lowest BCUT2D eigenvalue weighted by atomic mass is 9.44. The molecule has 6 aliphatic rings. The zero-order chi connectivity index (χ0) is 27.6. The number of ether oxygens (including phenoxy) is 1. The van der Waals surface area contributed by atoms with Crippen LogP contribution in [0.3, 0.4) is 0 Å². The second kappa shape index (κ2) is 10.3. The van der Waals surface area contributed by atoms with E-state index in [1.807, 2.05) is 0 Å². The monoisotopic (exact) mass is 543 g/mol. The van der Waals surface area contributed by atoms with E-state index >= 15 is 0 Å². The summed E-state index contributed by atoms with van der Waals surface area (Å²) in [6.45, 7) is 11.3. The molecule has 4 aliphatic carbocycles. The van der Waals surface area contributed by atoms with Crippen molar-refractivity contribution in [2.45, 2.75) is 116 Å². The predicted molar refractivity (Wildman–Crippen MR) is 150 cm³/mol. The van der Waals surface area contributed by atoms with E-state index in [-0.39, 0.29) is 43.2 Å². The fourth-order valence-electron chi connectivity index (χ4n) is 11.3. The van der Waals surface area contributed by atoms with Gasteiger partial charge in [0.2, 0.25) is 11.8 Å². The molecule has 1 spiro atoms. The summed E-state index contributed by atoms with van der Waals surface area (Å²) in [5.74, 6) is 4.53. The first-order chi connectivity index (χ1) is 18.6. The largest absolute Gasteiger partial charge is 0.395 e. The summed E-state index contributed by atoms with van der Waals surface area (Å²) in [5.41, 5.74) is 0.666. The third kappa shape index (κ3) is 4.57. The Morgan fingerprint density at radius 3 is 2.49 bits per heavy atom. The number of hydrogen-bond acceptors (Lipinski definition) is 5. The Hall–Kier alpha value is -1.18. The quantitative estimate of drug-likeness (QED) is 0.393. The molecular weight excluding hydrogens is 490 g/mol. The average molecular weight is 544 g/mol. The van der Waals surface area contributed by atoms with Crippen molar-refractivity contribution in [3.8, 4) is 0 Å². The maximum Gasteiger partial charge on any atom is 0.229 e. The molecule has 6 fully saturated rings. The van der Waals surface area contributed by atoms with Gasteiger partial charge in [0.15, 0.2) is 0 Å². The van der Waals surface area contributed by atoms with E-state index in [4.69, 9.17) is 9.84 Å². The van der Waals surface area contributed by atoms with Gasteiger partial charge in [-0.05, 0) is 111 Å². The molecule has 0 aromatic rings. The lowest BCUT2D eigenvalue weighted by molar-refractivity contribution is -0.137. The van der Waals surface area contributed by atoms with Crippen LogP contribution in [0.5, 0.6) is 0 Å². The summed E-state index contributed by atoms with van der Waals surface area (Å²) in [6.07, 6.45) is 12.5. The van der Waals surface area contributed by atoms with Gasteiger partial charge in [-0.1, -0.05) is 27.7 Å². The van der Waals surface area contributed by atoms with Gasteiger partial charge in [-0.3, -0.25) is 14.9 Å². The molecule has 2 amide bonds. The molecule has 6 rings (SSSR count). The number of carbonyl (C=O) groups excluding carboxylic acids is 2. The normalized spacial score (nSPS) is 50.4. The number of piperidine rings is 1. The van der Waals surface area contributed by atoms with Gasteiger partial charge >= 0.3 is 0 Å². The number of aliphatic hydroxyl groups is 1. The van der Waals surface area contributed by atoms with Crippen molar-refractivity contribution in [2.24, 2.45) is 52.3 Å². The van der Waals surface area contributed by atoms with Crippen molar-refractivity contribution in [1.82, 2.24) is 16.0 Å². The molecule has 12 atom stereocenters. The zero-order valence-corrected chi connectivity index (χ0v) is 24.8. The summed E-state index contributed by atoms with van der Waals surface area (Å²) in [7, 11) is 0. The lowest BCUT2D eigenvalue weighted by Crippen LogP contribution is -2.58. The Morgan fingerprint density at radius 2 is 1.74 bits per heavy atom. The van der Waals surface area contributed by atoms with E-state index in [2.05, 4.69) is 43.6 Å². The van der Waals surface area contributed by atoms with Crippen molar-refractivity contribution < 1.29 is 19.4 Å². The molecule has 2 saturated heterocycles. The van der Waals surface area contributed by atoms with E-state index in [0.717, 1.165) is 43.1 Å². The molecule has 220 valence electrons. The molecule has 2 aliphatic heterocycles. The Balaban J connectivity index is 1.10. The van der Waals surface area contributed by atoms with Crippen molar-refractivity contribution in [3.63, 3.8) is 0 Å². The van der Waals surface area contributed by atoms with Crippen molar-refractivity contribution in [1.29, 1.82) is 0 Å². The maximum absolute atomic E-state index is 12.5. The van der Waals surface area contributed by atoms with Crippen LogP contribution in [-0.2, 0) is 14.3 Å². The van der Waals surface area contributed by atoms with Gasteiger partial charge < -0.3 is 20.5 Å². The number of aliphatic hydroxyl groups excluding tert-OH is 1. The summed E-state index contributed by atoms with van der Waals surface area (Å²) in [4.78, 5) is 24.4. The van der Waals surface area contributed by atoms with Crippen LogP contribution in [0, 0.1) is 52.3 Å². The van der Waals surface area contributed by atoms with Crippen molar-refractivity contribution in [2.75, 3.05) is 19.7 Å². The van der Waals surface area contributed by atoms with Gasteiger partial charge in [-0.2, -0.15) is 0 Å². The Morgan fingerprint density at radius 1 is 0.949 bits per heavy atom. The summed E-state index contributed by atoms with van der Waals surface area (Å²) < 4.78 is 7.05. The summed E-state index contributed by atoms with van der Waals surface area (Å²) in [5, 5.41) is 18.5. The molecule has 2 heterocycles. The summed E-state index contributed by atoms with van der Waals surface area (Å²) >= 11 is 0. The highest BCUT2D eigenvalue weighted by Gasteiger charge is 2.68. The van der Waals surface area contributed by atoms with E-state index in [0.29, 0.717) is 34.7 Å². The second-order valence-corrected chi connectivity index (χ2v) is 15.1. The fraction of sp³-hybridized carbons (Fsp3) is 0.938. The first-order valence-corrected chi connectivity index (χ1v) is 16.2. The fourth-order valence-corrected chi connectivity index (χ4v) is 11.3. The van der Waals surface area contributed by atoms with Gasteiger partial charge in [0.25, 0.3) is 0 Å². The number of amides is 2. The highest BCUT2D eigenvalue weighted by atomic mass is 16.5. The second-order valence-electron chi connectivity index (χ2n) is 15.1. The van der Waals surface area contributed by atoms with Crippen LogP contribution < -0.4 is 16.0 Å². The van der Waals surface area contributed by atoms with E-state index < -0.39 is 0 Å². The Bertz CT molecular complexity index is 950. The molecule has 4 saturated carbocycles. The average Bonchev–Trinajstić information content (AvgIpc) is 3.34. The maximum atomic E-state index is 12.5. The van der Waals surface area contributed by atoms with Crippen LogP contribution in [0.25, 0.3) is 0 Å². The molecule has 0 aromatic carbocycles.